The highest BCUT2D eigenvalue weighted by atomic mass is 15.0. The average Bonchev–Trinajstić information content (AvgIpc) is 2.72. The summed E-state index contributed by atoms with van der Waals surface area (Å²) < 4.78 is 2.07. The molecule has 0 unspecified atom stereocenters. The number of aromatic nitrogens is 2. The smallest absolute Gasteiger partial charge is 0.161 e. The molecule has 0 bridgehead atoms. The molecular weight excluding hydrogens is 246 g/mol. The van der Waals surface area contributed by atoms with E-state index in [9.17, 15) is 0 Å². The Morgan fingerprint density at radius 2 is 1.75 bits per heavy atom. The number of fused-ring (bicyclic) bond motifs is 1. The molecule has 0 aliphatic heterocycles. The number of rotatable bonds is 1. The van der Waals surface area contributed by atoms with Gasteiger partial charge >= 0.3 is 0 Å². The maximum Gasteiger partial charge on any atom is 0.161 e. The fraction of sp³-hybridized carbons (Fsp3) is 0.235. The molecule has 3 nitrogen and oxygen atoms in total. The van der Waals surface area contributed by atoms with Crippen molar-refractivity contribution in [1.29, 1.82) is 0 Å². The second-order valence-electron chi connectivity index (χ2n) is 5.47. The van der Waals surface area contributed by atoms with Crippen molar-refractivity contribution < 1.29 is 0 Å². The number of nitrogen functional groups attached to an aromatic ring is 1. The van der Waals surface area contributed by atoms with Gasteiger partial charge in [-0.3, -0.25) is 0 Å². The van der Waals surface area contributed by atoms with Crippen LogP contribution in [0.2, 0.25) is 0 Å². The van der Waals surface area contributed by atoms with Gasteiger partial charge in [0, 0.05) is 17.5 Å². The predicted octanol–water partition coefficient (Wildman–Crippen LogP) is 3.82. The minimum Gasteiger partial charge on any atom is -0.395 e. The van der Waals surface area contributed by atoms with E-state index < -0.39 is 0 Å². The summed E-state index contributed by atoms with van der Waals surface area (Å²) in [6.07, 6.45) is 2.04. The first-order chi connectivity index (χ1) is 9.49. The van der Waals surface area contributed by atoms with Crippen LogP contribution in [0.4, 0.5) is 5.69 Å². The Bertz CT molecular complexity index is 813. The summed E-state index contributed by atoms with van der Waals surface area (Å²) in [7, 11) is 0. The summed E-state index contributed by atoms with van der Waals surface area (Å²) in [5.74, 6) is 0. The first-order valence-corrected chi connectivity index (χ1v) is 6.80. The lowest BCUT2D eigenvalue weighted by molar-refractivity contribution is 1.10. The molecule has 3 heteroatoms. The summed E-state index contributed by atoms with van der Waals surface area (Å²) in [6, 6.07) is 8.49. The van der Waals surface area contributed by atoms with Crippen molar-refractivity contribution in [3.8, 4) is 11.3 Å². The van der Waals surface area contributed by atoms with Crippen LogP contribution in [0.5, 0.6) is 0 Å². The van der Waals surface area contributed by atoms with E-state index in [1.54, 1.807) is 0 Å². The number of pyridine rings is 1. The van der Waals surface area contributed by atoms with Gasteiger partial charge in [0.15, 0.2) is 5.65 Å². The molecule has 2 N–H and O–H groups in total. The van der Waals surface area contributed by atoms with E-state index in [0.717, 1.165) is 28.3 Å². The molecule has 3 rings (SSSR count). The molecule has 20 heavy (non-hydrogen) atoms. The van der Waals surface area contributed by atoms with Gasteiger partial charge in [-0.25, -0.2) is 4.98 Å². The molecule has 0 atom stereocenters. The molecular formula is C17H19N3. The molecule has 0 aliphatic rings. The van der Waals surface area contributed by atoms with Crippen LogP contribution in [0.1, 0.15) is 22.4 Å². The molecule has 102 valence electrons. The summed E-state index contributed by atoms with van der Waals surface area (Å²) in [4.78, 5) is 4.77. The lowest BCUT2D eigenvalue weighted by atomic mass is 10.0. The molecule has 0 amide bonds. The third kappa shape index (κ3) is 1.78. The molecule has 0 aliphatic carbocycles. The van der Waals surface area contributed by atoms with Crippen LogP contribution < -0.4 is 5.73 Å². The Morgan fingerprint density at radius 3 is 2.45 bits per heavy atom. The first-order valence-electron chi connectivity index (χ1n) is 6.80. The maximum absolute atomic E-state index is 6.16. The molecule has 1 aromatic carbocycles. The highest BCUT2D eigenvalue weighted by Crippen LogP contribution is 2.29. The highest BCUT2D eigenvalue weighted by Gasteiger charge is 2.14. The summed E-state index contributed by atoms with van der Waals surface area (Å²) in [5.41, 5.74) is 14.6. The number of imidazole rings is 1. The van der Waals surface area contributed by atoms with Crippen LogP contribution >= 0.6 is 0 Å². The molecule has 0 saturated carbocycles. The Labute approximate surface area is 119 Å². The fourth-order valence-electron chi connectivity index (χ4n) is 2.67. The van der Waals surface area contributed by atoms with Crippen molar-refractivity contribution in [3.63, 3.8) is 0 Å². The number of benzene rings is 1. The molecule has 0 spiro atoms. The average molecular weight is 265 g/mol. The zero-order valence-corrected chi connectivity index (χ0v) is 12.4. The van der Waals surface area contributed by atoms with E-state index in [4.69, 9.17) is 10.7 Å². The van der Waals surface area contributed by atoms with E-state index >= 15 is 0 Å². The van der Waals surface area contributed by atoms with Gasteiger partial charge in [0.1, 0.15) is 0 Å². The number of nitrogens with two attached hydrogens (primary N) is 1. The van der Waals surface area contributed by atoms with Crippen molar-refractivity contribution in [3.05, 3.63) is 52.8 Å². The Hall–Kier alpha value is -2.29. The van der Waals surface area contributed by atoms with Crippen LogP contribution in [-0.2, 0) is 0 Å². The van der Waals surface area contributed by atoms with Crippen LogP contribution in [-0.4, -0.2) is 9.38 Å². The van der Waals surface area contributed by atoms with Gasteiger partial charge in [0.2, 0.25) is 0 Å². The standard InChI is InChI=1S/C17H19N3/c1-10-5-6-14(12(3)9-10)16-13(4)20-8-7-11(2)15(18)17(20)19-16/h5-9H,18H2,1-4H3. The maximum atomic E-state index is 6.16. The van der Waals surface area contributed by atoms with Crippen molar-refractivity contribution in [2.24, 2.45) is 0 Å². The van der Waals surface area contributed by atoms with Crippen molar-refractivity contribution in [1.82, 2.24) is 9.38 Å². The largest absolute Gasteiger partial charge is 0.395 e. The van der Waals surface area contributed by atoms with E-state index in [2.05, 4.69) is 43.4 Å². The van der Waals surface area contributed by atoms with E-state index in [0.29, 0.717) is 0 Å². The van der Waals surface area contributed by atoms with Gasteiger partial charge in [-0.2, -0.15) is 0 Å². The van der Waals surface area contributed by atoms with Gasteiger partial charge < -0.3 is 10.1 Å². The molecule has 0 radical (unpaired) electrons. The summed E-state index contributed by atoms with van der Waals surface area (Å²) in [5, 5.41) is 0. The molecule has 0 saturated heterocycles. The van der Waals surface area contributed by atoms with Crippen LogP contribution in [0.15, 0.2) is 30.5 Å². The van der Waals surface area contributed by atoms with Gasteiger partial charge in [0.05, 0.1) is 11.4 Å². The van der Waals surface area contributed by atoms with Crippen molar-refractivity contribution in [2.45, 2.75) is 27.7 Å². The number of hydrogen-bond acceptors (Lipinski definition) is 2. The second-order valence-corrected chi connectivity index (χ2v) is 5.47. The Kier molecular flexibility index (Phi) is 2.78. The first kappa shape index (κ1) is 12.7. The Morgan fingerprint density at radius 1 is 1.00 bits per heavy atom. The third-order valence-corrected chi connectivity index (χ3v) is 3.93. The molecule has 0 fully saturated rings. The topological polar surface area (TPSA) is 43.3 Å². The lowest BCUT2D eigenvalue weighted by Crippen LogP contribution is -1.96. The fourth-order valence-corrected chi connectivity index (χ4v) is 2.67. The van der Waals surface area contributed by atoms with Gasteiger partial charge in [-0.05, 0) is 44.9 Å². The minimum atomic E-state index is 0.756. The van der Waals surface area contributed by atoms with Crippen molar-refractivity contribution >= 4 is 11.3 Å². The number of hydrogen-bond donors (Lipinski definition) is 1. The second kappa shape index (κ2) is 4.37. The van der Waals surface area contributed by atoms with Gasteiger partial charge in [-0.1, -0.05) is 23.8 Å². The Balaban J connectivity index is 2.32. The van der Waals surface area contributed by atoms with Crippen LogP contribution in [0, 0.1) is 27.7 Å². The molecule has 2 heterocycles. The van der Waals surface area contributed by atoms with Crippen molar-refractivity contribution in [2.75, 3.05) is 5.73 Å². The minimum absolute atomic E-state index is 0.756. The summed E-state index contributed by atoms with van der Waals surface area (Å²) in [6.45, 7) is 8.33. The quantitative estimate of drug-likeness (QED) is 0.727. The summed E-state index contributed by atoms with van der Waals surface area (Å²) >= 11 is 0. The highest BCUT2D eigenvalue weighted by molar-refractivity contribution is 5.76. The third-order valence-electron chi connectivity index (χ3n) is 3.93. The van der Waals surface area contributed by atoms with Crippen LogP contribution in [0.25, 0.3) is 16.9 Å². The SMILES string of the molecule is Cc1ccc(-c2nc3c(N)c(C)ccn3c2C)c(C)c1. The number of anilines is 1. The van der Waals surface area contributed by atoms with E-state index in [1.807, 2.05) is 19.2 Å². The molecule has 3 aromatic rings. The van der Waals surface area contributed by atoms with Gasteiger partial charge in [0.25, 0.3) is 0 Å². The van der Waals surface area contributed by atoms with Gasteiger partial charge in [-0.15, -0.1) is 0 Å². The molecule has 2 aromatic heterocycles. The van der Waals surface area contributed by atoms with Crippen LogP contribution in [0.3, 0.4) is 0 Å². The normalized spacial score (nSPS) is 11.2. The zero-order chi connectivity index (χ0) is 14.4. The monoisotopic (exact) mass is 265 g/mol. The zero-order valence-electron chi connectivity index (χ0n) is 12.4. The van der Waals surface area contributed by atoms with E-state index in [-0.39, 0.29) is 0 Å². The van der Waals surface area contributed by atoms with E-state index in [1.165, 1.54) is 16.7 Å². The number of aryl methyl sites for hydroxylation is 4. The predicted molar refractivity (Wildman–Crippen MR) is 84.0 cm³/mol. The number of nitrogens with zero attached hydrogens (tertiary/aromatic N) is 2. The lowest BCUT2D eigenvalue weighted by Gasteiger charge is -2.05.